The normalized spacial score (nSPS) is 33.8. The Labute approximate surface area is 119 Å². The lowest BCUT2D eigenvalue weighted by molar-refractivity contribution is -0.155. The van der Waals surface area contributed by atoms with Gasteiger partial charge in [0, 0.05) is 19.1 Å². The molecule has 0 spiro atoms. The molecular weight excluding hydrogens is 256 g/mol. The second-order valence-corrected chi connectivity index (χ2v) is 6.02. The molecular formula is C16H22O4. The molecule has 2 rings (SSSR count). The van der Waals surface area contributed by atoms with E-state index in [1.54, 1.807) is 12.2 Å². The van der Waals surface area contributed by atoms with Gasteiger partial charge in [-0.3, -0.25) is 4.79 Å². The molecule has 0 saturated heterocycles. The average Bonchev–Trinajstić information content (AvgIpc) is 2.74. The number of carbonyl (C=O) groups excluding carboxylic acids is 2. The SMILES string of the molecule is COC1C=C(CC[C@@]2(C)C(C)=CC(=O)C[C@H]2C)C(=O)O1. The molecule has 0 aromatic heterocycles. The van der Waals surface area contributed by atoms with Crippen molar-refractivity contribution in [2.45, 2.75) is 46.3 Å². The summed E-state index contributed by atoms with van der Waals surface area (Å²) in [6.07, 6.45) is 5.01. The van der Waals surface area contributed by atoms with Crippen LogP contribution in [0.15, 0.2) is 23.3 Å². The van der Waals surface area contributed by atoms with Crippen molar-refractivity contribution in [3.05, 3.63) is 23.3 Å². The van der Waals surface area contributed by atoms with Crippen LogP contribution in [-0.2, 0) is 19.1 Å². The summed E-state index contributed by atoms with van der Waals surface area (Å²) in [7, 11) is 1.51. The molecule has 1 aliphatic heterocycles. The van der Waals surface area contributed by atoms with E-state index in [1.165, 1.54) is 7.11 Å². The van der Waals surface area contributed by atoms with E-state index in [0.29, 0.717) is 18.4 Å². The zero-order valence-electron chi connectivity index (χ0n) is 12.6. The van der Waals surface area contributed by atoms with Crippen molar-refractivity contribution in [2.24, 2.45) is 11.3 Å². The molecule has 4 nitrogen and oxygen atoms in total. The fraction of sp³-hybridized carbons (Fsp3) is 0.625. The average molecular weight is 278 g/mol. The highest BCUT2D eigenvalue weighted by molar-refractivity contribution is 5.92. The Morgan fingerprint density at radius 1 is 1.45 bits per heavy atom. The number of ether oxygens (including phenoxy) is 2. The summed E-state index contributed by atoms with van der Waals surface area (Å²) in [5, 5.41) is 0. The van der Waals surface area contributed by atoms with Crippen LogP contribution in [0.5, 0.6) is 0 Å². The summed E-state index contributed by atoms with van der Waals surface area (Å²) in [4.78, 5) is 23.3. The summed E-state index contributed by atoms with van der Waals surface area (Å²) >= 11 is 0. The first-order chi connectivity index (χ1) is 9.36. The van der Waals surface area contributed by atoms with Gasteiger partial charge in [0.2, 0.25) is 6.29 Å². The standard InChI is InChI=1S/C16H22O4/c1-10-7-13(17)8-11(2)16(10,3)6-5-12-9-14(19-4)20-15(12)18/h7,9,11,14H,5-6,8H2,1-4H3/t11-,14?,16+/m1/s1. The molecule has 0 aromatic carbocycles. The summed E-state index contributed by atoms with van der Waals surface area (Å²) in [5.41, 5.74) is 1.74. The van der Waals surface area contributed by atoms with Crippen molar-refractivity contribution in [1.82, 2.24) is 0 Å². The molecule has 0 bridgehead atoms. The van der Waals surface area contributed by atoms with Crippen molar-refractivity contribution >= 4 is 11.8 Å². The number of ketones is 1. The molecule has 3 atom stereocenters. The summed E-state index contributed by atoms with van der Waals surface area (Å²) in [6.45, 7) is 6.28. The van der Waals surface area contributed by atoms with Crippen LogP contribution in [0.4, 0.5) is 0 Å². The molecule has 0 aromatic rings. The number of hydrogen-bond acceptors (Lipinski definition) is 4. The van der Waals surface area contributed by atoms with Gasteiger partial charge in [0.05, 0.1) is 0 Å². The van der Waals surface area contributed by atoms with Crippen LogP contribution in [0.2, 0.25) is 0 Å². The Bertz CT molecular complexity index is 489. The lowest BCUT2D eigenvalue weighted by atomic mass is 9.64. The van der Waals surface area contributed by atoms with Crippen molar-refractivity contribution in [2.75, 3.05) is 7.11 Å². The molecule has 0 N–H and O–H groups in total. The highest BCUT2D eigenvalue weighted by Gasteiger charge is 2.38. The molecule has 1 aliphatic carbocycles. The van der Waals surface area contributed by atoms with Gasteiger partial charge in [-0.1, -0.05) is 19.4 Å². The highest BCUT2D eigenvalue weighted by Crippen LogP contribution is 2.45. The van der Waals surface area contributed by atoms with Gasteiger partial charge in [-0.2, -0.15) is 0 Å². The van der Waals surface area contributed by atoms with Crippen molar-refractivity contribution in [1.29, 1.82) is 0 Å². The molecule has 2 aliphatic rings. The van der Waals surface area contributed by atoms with Gasteiger partial charge in [-0.05, 0) is 43.3 Å². The first-order valence-corrected chi connectivity index (χ1v) is 7.03. The largest absolute Gasteiger partial charge is 0.429 e. The Hall–Kier alpha value is -1.42. The third-order valence-corrected chi connectivity index (χ3v) is 4.84. The second-order valence-electron chi connectivity index (χ2n) is 6.02. The maximum absolute atomic E-state index is 11.7. The minimum atomic E-state index is -0.549. The first-order valence-electron chi connectivity index (χ1n) is 7.03. The van der Waals surface area contributed by atoms with Crippen LogP contribution in [-0.4, -0.2) is 25.2 Å². The van der Waals surface area contributed by atoms with Crippen LogP contribution in [0, 0.1) is 11.3 Å². The van der Waals surface area contributed by atoms with Gasteiger partial charge in [0.25, 0.3) is 0 Å². The molecule has 0 radical (unpaired) electrons. The van der Waals surface area contributed by atoms with E-state index in [2.05, 4.69) is 13.8 Å². The van der Waals surface area contributed by atoms with Gasteiger partial charge in [-0.25, -0.2) is 4.79 Å². The third-order valence-electron chi connectivity index (χ3n) is 4.84. The predicted octanol–water partition coefficient (Wildman–Crippen LogP) is 2.78. The zero-order chi connectivity index (χ0) is 14.9. The molecule has 4 heteroatoms. The number of cyclic esters (lactones) is 1. The van der Waals surface area contributed by atoms with Crippen LogP contribution >= 0.6 is 0 Å². The Morgan fingerprint density at radius 2 is 2.15 bits per heavy atom. The topological polar surface area (TPSA) is 52.6 Å². The molecule has 1 unspecified atom stereocenters. The Balaban J connectivity index is 2.08. The quantitative estimate of drug-likeness (QED) is 0.742. The number of carbonyl (C=O) groups is 2. The summed E-state index contributed by atoms with van der Waals surface area (Å²) in [5.74, 6) is 0.198. The Kier molecular flexibility index (Phi) is 4.14. The van der Waals surface area contributed by atoms with E-state index in [9.17, 15) is 9.59 Å². The fourth-order valence-corrected chi connectivity index (χ4v) is 2.97. The minimum absolute atomic E-state index is 0.0415. The molecule has 0 fully saturated rings. The van der Waals surface area contributed by atoms with Gasteiger partial charge < -0.3 is 9.47 Å². The third kappa shape index (κ3) is 2.70. The highest BCUT2D eigenvalue weighted by atomic mass is 16.7. The van der Waals surface area contributed by atoms with Crippen LogP contribution in [0.1, 0.15) is 40.0 Å². The fourth-order valence-electron chi connectivity index (χ4n) is 2.97. The van der Waals surface area contributed by atoms with E-state index < -0.39 is 6.29 Å². The molecule has 20 heavy (non-hydrogen) atoms. The lowest BCUT2D eigenvalue weighted by Crippen LogP contribution is -2.32. The van der Waals surface area contributed by atoms with Crippen molar-refractivity contribution < 1.29 is 19.1 Å². The van der Waals surface area contributed by atoms with Crippen molar-refractivity contribution in [3.63, 3.8) is 0 Å². The molecule has 0 amide bonds. The molecule has 110 valence electrons. The van der Waals surface area contributed by atoms with E-state index in [4.69, 9.17) is 9.47 Å². The van der Waals surface area contributed by atoms with Crippen LogP contribution < -0.4 is 0 Å². The summed E-state index contributed by atoms with van der Waals surface area (Å²) in [6, 6.07) is 0. The van der Waals surface area contributed by atoms with Crippen LogP contribution in [0.3, 0.4) is 0 Å². The minimum Gasteiger partial charge on any atom is -0.429 e. The predicted molar refractivity (Wildman–Crippen MR) is 74.9 cm³/mol. The van der Waals surface area contributed by atoms with E-state index in [1.807, 2.05) is 6.92 Å². The van der Waals surface area contributed by atoms with Gasteiger partial charge >= 0.3 is 5.97 Å². The smallest absolute Gasteiger partial charge is 0.336 e. The van der Waals surface area contributed by atoms with Gasteiger partial charge in [0.15, 0.2) is 5.78 Å². The van der Waals surface area contributed by atoms with Crippen molar-refractivity contribution in [3.8, 4) is 0 Å². The van der Waals surface area contributed by atoms with Gasteiger partial charge in [-0.15, -0.1) is 0 Å². The number of allylic oxidation sites excluding steroid dienone is 2. The first kappa shape index (κ1) is 15.0. The second kappa shape index (κ2) is 5.52. The zero-order valence-corrected chi connectivity index (χ0v) is 12.6. The molecule has 1 heterocycles. The number of rotatable bonds is 4. The van der Waals surface area contributed by atoms with E-state index >= 15 is 0 Å². The monoisotopic (exact) mass is 278 g/mol. The van der Waals surface area contributed by atoms with E-state index in [0.717, 1.165) is 12.0 Å². The Morgan fingerprint density at radius 3 is 2.70 bits per heavy atom. The maximum atomic E-state index is 11.7. The number of hydrogen-bond donors (Lipinski definition) is 0. The lowest BCUT2D eigenvalue weighted by Gasteiger charge is -2.39. The number of methoxy groups -OCH3 is 1. The molecule has 0 saturated carbocycles. The number of esters is 1. The van der Waals surface area contributed by atoms with E-state index in [-0.39, 0.29) is 23.1 Å². The maximum Gasteiger partial charge on any atom is 0.336 e. The van der Waals surface area contributed by atoms with Gasteiger partial charge in [0.1, 0.15) is 0 Å². The van der Waals surface area contributed by atoms with Crippen LogP contribution in [0.25, 0.3) is 0 Å². The summed E-state index contributed by atoms with van der Waals surface area (Å²) < 4.78 is 10.1.